The van der Waals surface area contributed by atoms with E-state index in [0.717, 1.165) is 16.7 Å². The van der Waals surface area contributed by atoms with Crippen LogP contribution in [0.15, 0.2) is 54.6 Å². The summed E-state index contributed by atoms with van der Waals surface area (Å²) in [7, 11) is 3.19. The Labute approximate surface area is 118 Å². The quantitative estimate of drug-likeness (QED) is 0.792. The van der Waals surface area contributed by atoms with E-state index in [1.54, 1.807) is 14.2 Å². The lowest BCUT2D eigenvalue weighted by molar-refractivity contribution is 0.355. The van der Waals surface area contributed by atoms with Crippen molar-refractivity contribution in [3.05, 3.63) is 65.7 Å². The second-order valence-corrected chi connectivity index (χ2v) is 4.12. The van der Waals surface area contributed by atoms with Crippen LogP contribution < -0.4 is 9.47 Å². The maximum absolute atomic E-state index is 9.00. The molecule has 0 aromatic heterocycles. The Bertz CT molecular complexity index is 654. The Morgan fingerprint density at radius 1 is 0.950 bits per heavy atom. The van der Waals surface area contributed by atoms with Crippen LogP contribution in [-0.4, -0.2) is 14.2 Å². The van der Waals surface area contributed by atoms with Crippen LogP contribution in [0.5, 0.6) is 11.5 Å². The maximum Gasteiger partial charge on any atom is 0.161 e. The van der Waals surface area contributed by atoms with Crippen LogP contribution in [0, 0.1) is 11.3 Å². The van der Waals surface area contributed by atoms with Crippen molar-refractivity contribution < 1.29 is 9.47 Å². The number of hydrogen-bond donors (Lipinski definition) is 0. The Hall–Kier alpha value is -2.73. The predicted octanol–water partition coefficient (Wildman–Crippen LogP) is 3.66. The highest BCUT2D eigenvalue weighted by atomic mass is 16.5. The largest absolute Gasteiger partial charge is 0.493 e. The van der Waals surface area contributed by atoms with Gasteiger partial charge in [-0.25, -0.2) is 0 Å². The van der Waals surface area contributed by atoms with Crippen LogP contribution in [0.1, 0.15) is 11.1 Å². The van der Waals surface area contributed by atoms with E-state index in [0.29, 0.717) is 11.5 Å². The van der Waals surface area contributed by atoms with Gasteiger partial charge in [0.1, 0.15) is 0 Å². The highest BCUT2D eigenvalue weighted by Crippen LogP contribution is 2.32. The van der Waals surface area contributed by atoms with Crippen LogP contribution >= 0.6 is 0 Å². The summed E-state index contributed by atoms with van der Waals surface area (Å²) in [4.78, 5) is 0. The first-order valence-electron chi connectivity index (χ1n) is 6.17. The van der Waals surface area contributed by atoms with Crippen LogP contribution in [0.2, 0.25) is 0 Å². The van der Waals surface area contributed by atoms with Gasteiger partial charge in [-0.1, -0.05) is 36.4 Å². The summed E-state index contributed by atoms with van der Waals surface area (Å²) in [6.45, 7) is 0. The smallest absolute Gasteiger partial charge is 0.161 e. The molecule has 3 heteroatoms. The summed E-state index contributed by atoms with van der Waals surface area (Å²) < 4.78 is 10.5. The van der Waals surface area contributed by atoms with E-state index in [1.807, 2.05) is 48.5 Å². The third-order valence-electron chi connectivity index (χ3n) is 2.99. The summed E-state index contributed by atoms with van der Waals surface area (Å²) in [6, 6.07) is 17.5. The van der Waals surface area contributed by atoms with Crippen LogP contribution in [0.25, 0.3) is 5.57 Å². The van der Waals surface area contributed by atoms with Gasteiger partial charge in [-0.05, 0) is 28.8 Å². The average molecular weight is 265 g/mol. The summed E-state index contributed by atoms with van der Waals surface area (Å²) in [5.74, 6) is 1.31. The van der Waals surface area contributed by atoms with Gasteiger partial charge >= 0.3 is 0 Å². The lowest BCUT2D eigenvalue weighted by atomic mass is 9.97. The molecule has 0 saturated carbocycles. The highest BCUT2D eigenvalue weighted by molar-refractivity contribution is 5.82. The molecule has 0 unspecified atom stereocenters. The van der Waals surface area contributed by atoms with Crippen molar-refractivity contribution in [2.45, 2.75) is 0 Å². The number of ether oxygens (including phenoxy) is 2. The van der Waals surface area contributed by atoms with Gasteiger partial charge in [0.15, 0.2) is 11.5 Å². The van der Waals surface area contributed by atoms with E-state index in [4.69, 9.17) is 14.7 Å². The number of nitriles is 1. The van der Waals surface area contributed by atoms with Crippen molar-refractivity contribution in [3.63, 3.8) is 0 Å². The SMILES string of the molecule is COc1ccc(C(=CC#N)c2ccccc2)cc1OC. The van der Waals surface area contributed by atoms with E-state index in [1.165, 1.54) is 6.08 Å². The third-order valence-corrected chi connectivity index (χ3v) is 2.99. The Balaban J connectivity index is 2.52. The Kier molecular flexibility index (Phi) is 4.41. The van der Waals surface area contributed by atoms with Gasteiger partial charge in [0.25, 0.3) is 0 Å². The fraction of sp³-hybridized carbons (Fsp3) is 0.118. The molecule has 20 heavy (non-hydrogen) atoms. The van der Waals surface area contributed by atoms with Crippen molar-refractivity contribution in [3.8, 4) is 17.6 Å². The van der Waals surface area contributed by atoms with Gasteiger partial charge in [-0.15, -0.1) is 0 Å². The molecule has 0 amide bonds. The van der Waals surface area contributed by atoms with E-state index < -0.39 is 0 Å². The monoisotopic (exact) mass is 265 g/mol. The van der Waals surface area contributed by atoms with E-state index in [-0.39, 0.29) is 0 Å². The molecule has 0 radical (unpaired) electrons. The minimum absolute atomic E-state index is 0.643. The van der Waals surface area contributed by atoms with Crippen molar-refractivity contribution in [2.24, 2.45) is 0 Å². The number of methoxy groups -OCH3 is 2. The lowest BCUT2D eigenvalue weighted by Crippen LogP contribution is -1.93. The van der Waals surface area contributed by atoms with Crippen LogP contribution in [0.4, 0.5) is 0 Å². The number of benzene rings is 2. The van der Waals surface area contributed by atoms with Crippen molar-refractivity contribution in [2.75, 3.05) is 14.2 Å². The summed E-state index contributed by atoms with van der Waals surface area (Å²) in [6.07, 6.45) is 1.54. The molecule has 2 aromatic rings. The van der Waals surface area contributed by atoms with Crippen LogP contribution in [-0.2, 0) is 0 Å². The van der Waals surface area contributed by atoms with Gasteiger partial charge in [-0.3, -0.25) is 0 Å². The molecule has 100 valence electrons. The zero-order valence-electron chi connectivity index (χ0n) is 11.5. The molecule has 0 fully saturated rings. The Morgan fingerprint density at radius 2 is 1.65 bits per heavy atom. The van der Waals surface area contributed by atoms with Crippen molar-refractivity contribution >= 4 is 5.57 Å². The summed E-state index contributed by atoms with van der Waals surface area (Å²) in [5.41, 5.74) is 2.76. The minimum Gasteiger partial charge on any atom is -0.493 e. The van der Waals surface area contributed by atoms with Gasteiger partial charge in [0.05, 0.1) is 20.3 Å². The average Bonchev–Trinajstić information content (AvgIpc) is 2.52. The molecule has 0 aliphatic rings. The van der Waals surface area contributed by atoms with E-state index in [9.17, 15) is 0 Å². The standard InChI is InChI=1S/C17H15NO2/c1-19-16-9-8-14(12-17(16)20-2)15(10-11-18)13-6-4-3-5-7-13/h3-10,12H,1-2H3. The number of allylic oxidation sites excluding steroid dienone is 1. The predicted molar refractivity (Wildman–Crippen MR) is 78.7 cm³/mol. The fourth-order valence-electron chi connectivity index (χ4n) is 2.02. The lowest BCUT2D eigenvalue weighted by Gasteiger charge is -2.11. The molecule has 0 spiro atoms. The second kappa shape index (κ2) is 6.44. The van der Waals surface area contributed by atoms with E-state index >= 15 is 0 Å². The van der Waals surface area contributed by atoms with Gasteiger partial charge in [0.2, 0.25) is 0 Å². The topological polar surface area (TPSA) is 42.2 Å². The number of rotatable bonds is 4. The normalized spacial score (nSPS) is 10.8. The van der Waals surface area contributed by atoms with Crippen molar-refractivity contribution in [1.29, 1.82) is 5.26 Å². The molecule has 0 aliphatic carbocycles. The molecular weight excluding hydrogens is 250 g/mol. The zero-order valence-corrected chi connectivity index (χ0v) is 11.5. The maximum atomic E-state index is 9.00. The minimum atomic E-state index is 0.643. The Morgan fingerprint density at radius 3 is 2.25 bits per heavy atom. The molecule has 3 nitrogen and oxygen atoms in total. The highest BCUT2D eigenvalue weighted by Gasteiger charge is 2.09. The van der Waals surface area contributed by atoms with E-state index in [2.05, 4.69) is 6.07 Å². The van der Waals surface area contributed by atoms with Gasteiger partial charge in [-0.2, -0.15) is 5.26 Å². The molecule has 0 atom stereocenters. The molecule has 0 N–H and O–H groups in total. The van der Waals surface area contributed by atoms with Crippen LogP contribution in [0.3, 0.4) is 0 Å². The first-order chi connectivity index (χ1) is 9.80. The number of nitrogens with zero attached hydrogens (tertiary/aromatic N) is 1. The molecule has 0 aliphatic heterocycles. The molecule has 0 saturated heterocycles. The molecule has 2 rings (SSSR count). The fourth-order valence-corrected chi connectivity index (χ4v) is 2.02. The summed E-state index contributed by atoms with van der Waals surface area (Å²) >= 11 is 0. The third kappa shape index (κ3) is 2.81. The molecule has 2 aromatic carbocycles. The first kappa shape index (κ1) is 13.7. The van der Waals surface area contributed by atoms with Gasteiger partial charge < -0.3 is 9.47 Å². The molecular formula is C17H15NO2. The summed E-state index contributed by atoms with van der Waals surface area (Å²) in [5, 5.41) is 9.00. The zero-order chi connectivity index (χ0) is 14.4. The molecule has 0 bridgehead atoms. The van der Waals surface area contributed by atoms with Gasteiger partial charge in [0, 0.05) is 6.08 Å². The molecule has 0 heterocycles. The first-order valence-corrected chi connectivity index (χ1v) is 6.17. The number of hydrogen-bond acceptors (Lipinski definition) is 3. The van der Waals surface area contributed by atoms with Crippen molar-refractivity contribution in [1.82, 2.24) is 0 Å². The second-order valence-electron chi connectivity index (χ2n) is 4.12.